The van der Waals surface area contributed by atoms with E-state index in [1.807, 2.05) is 0 Å². The van der Waals surface area contributed by atoms with Gasteiger partial charge in [-0.2, -0.15) is 18.3 Å². The third-order valence-corrected chi connectivity index (χ3v) is 5.57. The number of ether oxygens (including phenoxy) is 1. The number of carbonyl (C=O) groups is 1. The lowest BCUT2D eigenvalue weighted by Crippen LogP contribution is -2.27. The molecule has 0 unspecified atom stereocenters. The SMILES string of the molecule is COc1ccc(NC(C)=O)cc1-c1nn([C@H](C)c2ccc(C(F)(F)F)cc2)c(=O)c2c(C)noc12. The minimum absolute atomic E-state index is 0.127. The first-order valence-corrected chi connectivity index (χ1v) is 10.5. The van der Waals surface area contributed by atoms with Gasteiger partial charge >= 0.3 is 6.18 Å². The van der Waals surface area contributed by atoms with Crippen LogP contribution in [0.25, 0.3) is 22.2 Å². The summed E-state index contributed by atoms with van der Waals surface area (Å²) in [6.07, 6.45) is -4.47. The number of aromatic nitrogens is 3. The molecule has 8 nitrogen and oxygen atoms in total. The van der Waals surface area contributed by atoms with Crippen LogP contribution in [0.4, 0.5) is 18.9 Å². The van der Waals surface area contributed by atoms with E-state index in [0.29, 0.717) is 28.3 Å². The molecule has 1 N–H and O–H groups in total. The summed E-state index contributed by atoms with van der Waals surface area (Å²) >= 11 is 0. The van der Waals surface area contributed by atoms with Gasteiger partial charge in [0.15, 0.2) is 0 Å². The van der Waals surface area contributed by atoms with Crippen LogP contribution in [0, 0.1) is 6.92 Å². The minimum atomic E-state index is -4.47. The molecule has 1 amide bonds. The van der Waals surface area contributed by atoms with E-state index >= 15 is 0 Å². The summed E-state index contributed by atoms with van der Waals surface area (Å²) < 4.78 is 51.1. The van der Waals surface area contributed by atoms with E-state index in [4.69, 9.17) is 9.26 Å². The van der Waals surface area contributed by atoms with Gasteiger partial charge in [0, 0.05) is 12.6 Å². The van der Waals surface area contributed by atoms with Gasteiger partial charge in [-0.25, -0.2) is 4.68 Å². The van der Waals surface area contributed by atoms with Crippen LogP contribution < -0.4 is 15.6 Å². The van der Waals surface area contributed by atoms with Gasteiger partial charge in [0.2, 0.25) is 11.5 Å². The van der Waals surface area contributed by atoms with Gasteiger partial charge in [-0.1, -0.05) is 17.3 Å². The van der Waals surface area contributed by atoms with Crippen LogP contribution in [0.1, 0.15) is 36.7 Å². The molecule has 0 aliphatic rings. The standard InChI is InChI=1S/C24H21F3N4O4/c1-12-20-22(35-30-12)21(18-11-17(28-14(3)32)9-10-19(18)34-4)29-31(23(20)33)13(2)15-5-7-16(8-6-15)24(25,26)27/h5-11,13H,1-4H3,(H,28,32)/t13-/m1/s1. The number of methoxy groups -OCH3 is 1. The number of hydrogen-bond donors (Lipinski definition) is 1. The van der Waals surface area contributed by atoms with Crippen LogP contribution in [0.2, 0.25) is 0 Å². The van der Waals surface area contributed by atoms with Crippen molar-refractivity contribution in [3.8, 4) is 17.0 Å². The van der Waals surface area contributed by atoms with Gasteiger partial charge in [0.25, 0.3) is 5.56 Å². The Morgan fingerprint density at radius 3 is 2.46 bits per heavy atom. The van der Waals surface area contributed by atoms with Crippen LogP contribution >= 0.6 is 0 Å². The number of fused-ring (bicyclic) bond motifs is 1. The zero-order valence-electron chi connectivity index (χ0n) is 19.2. The van der Waals surface area contributed by atoms with Crippen molar-refractivity contribution in [3.63, 3.8) is 0 Å². The van der Waals surface area contributed by atoms with Crippen LogP contribution in [0.3, 0.4) is 0 Å². The van der Waals surface area contributed by atoms with Gasteiger partial charge in [0.1, 0.15) is 16.8 Å². The fourth-order valence-electron chi connectivity index (χ4n) is 3.80. The quantitative estimate of drug-likeness (QED) is 0.428. The molecule has 182 valence electrons. The zero-order chi connectivity index (χ0) is 25.5. The normalized spacial score (nSPS) is 12.5. The number of carbonyl (C=O) groups excluding carboxylic acids is 1. The third kappa shape index (κ3) is 4.48. The number of nitrogens with zero attached hydrogens (tertiary/aromatic N) is 3. The van der Waals surface area contributed by atoms with Gasteiger partial charge in [-0.05, 0) is 49.7 Å². The van der Waals surface area contributed by atoms with E-state index in [1.54, 1.807) is 32.0 Å². The molecule has 2 aromatic carbocycles. The van der Waals surface area contributed by atoms with Gasteiger partial charge in [0.05, 0.1) is 30.0 Å². The Bertz CT molecular complexity index is 1470. The van der Waals surface area contributed by atoms with Crippen LogP contribution in [-0.2, 0) is 11.0 Å². The second-order valence-corrected chi connectivity index (χ2v) is 7.96. The number of amides is 1. The number of aryl methyl sites for hydroxylation is 1. The molecule has 0 aliphatic carbocycles. The highest BCUT2D eigenvalue weighted by Gasteiger charge is 2.30. The molecule has 2 aromatic heterocycles. The highest BCUT2D eigenvalue weighted by atomic mass is 19.4. The molecule has 0 aliphatic heterocycles. The first kappa shape index (κ1) is 24.0. The van der Waals surface area contributed by atoms with Gasteiger partial charge in [-0.15, -0.1) is 0 Å². The fourth-order valence-corrected chi connectivity index (χ4v) is 3.80. The number of alkyl halides is 3. The number of nitrogens with one attached hydrogen (secondary N) is 1. The summed E-state index contributed by atoms with van der Waals surface area (Å²) in [6.45, 7) is 4.63. The molecule has 11 heteroatoms. The van der Waals surface area contributed by atoms with E-state index in [-0.39, 0.29) is 22.6 Å². The van der Waals surface area contributed by atoms with E-state index in [2.05, 4.69) is 15.6 Å². The Kier molecular flexibility index (Phi) is 6.10. The molecule has 0 bridgehead atoms. The predicted octanol–water partition coefficient (Wildman–Crippen LogP) is 4.96. The fraction of sp³-hybridized carbons (Fsp3) is 0.250. The average Bonchev–Trinajstić information content (AvgIpc) is 3.20. The first-order valence-electron chi connectivity index (χ1n) is 10.5. The van der Waals surface area contributed by atoms with E-state index in [9.17, 15) is 22.8 Å². The minimum Gasteiger partial charge on any atom is -0.496 e. The van der Waals surface area contributed by atoms with Crippen molar-refractivity contribution in [3.05, 3.63) is 69.6 Å². The Hall–Kier alpha value is -4.15. The van der Waals surface area contributed by atoms with Crippen molar-refractivity contribution >= 4 is 22.6 Å². The number of anilines is 1. The van der Waals surface area contributed by atoms with Crippen molar-refractivity contribution in [1.82, 2.24) is 14.9 Å². The van der Waals surface area contributed by atoms with E-state index < -0.39 is 23.3 Å². The predicted molar refractivity (Wildman–Crippen MR) is 122 cm³/mol. The molecule has 0 saturated carbocycles. The van der Waals surface area contributed by atoms with Crippen molar-refractivity contribution in [2.45, 2.75) is 33.0 Å². The number of benzene rings is 2. The van der Waals surface area contributed by atoms with Crippen LogP contribution in [-0.4, -0.2) is 28.0 Å². The molecule has 4 rings (SSSR count). The number of halogens is 3. The second kappa shape index (κ2) is 8.90. The zero-order valence-corrected chi connectivity index (χ0v) is 19.2. The Labute approximate surface area is 197 Å². The van der Waals surface area contributed by atoms with E-state index in [0.717, 1.165) is 12.1 Å². The van der Waals surface area contributed by atoms with Crippen molar-refractivity contribution < 1.29 is 27.2 Å². The molecule has 0 spiro atoms. The molecule has 35 heavy (non-hydrogen) atoms. The molecule has 2 heterocycles. The molecular weight excluding hydrogens is 465 g/mol. The topological polar surface area (TPSA) is 99.2 Å². The van der Waals surface area contributed by atoms with Gasteiger partial charge < -0.3 is 14.6 Å². The molecular formula is C24H21F3N4O4. The molecule has 1 atom stereocenters. The summed E-state index contributed by atoms with van der Waals surface area (Å²) in [5.41, 5.74) is 0.724. The number of hydrogen-bond acceptors (Lipinski definition) is 6. The molecule has 0 fully saturated rings. The smallest absolute Gasteiger partial charge is 0.416 e. The lowest BCUT2D eigenvalue weighted by atomic mass is 10.0. The summed E-state index contributed by atoms with van der Waals surface area (Å²) in [5.74, 6) is 0.116. The first-order chi connectivity index (χ1) is 16.5. The molecule has 0 radical (unpaired) electrons. The molecule has 0 saturated heterocycles. The average molecular weight is 486 g/mol. The highest BCUT2D eigenvalue weighted by molar-refractivity contribution is 5.94. The monoisotopic (exact) mass is 486 g/mol. The van der Waals surface area contributed by atoms with Gasteiger partial charge in [-0.3, -0.25) is 9.59 Å². The van der Waals surface area contributed by atoms with Crippen LogP contribution in [0.15, 0.2) is 51.8 Å². The lowest BCUT2D eigenvalue weighted by Gasteiger charge is -2.18. The summed E-state index contributed by atoms with van der Waals surface area (Å²) in [7, 11) is 1.46. The Balaban J connectivity index is 1.93. The van der Waals surface area contributed by atoms with Crippen molar-refractivity contribution in [2.75, 3.05) is 12.4 Å². The third-order valence-electron chi connectivity index (χ3n) is 5.57. The van der Waals surface area contributed by atoms with E-state index in [1.165, 1.54) is 30.8 Å². The largest absolute Gasteiger partial charge is 0.496 e. The second-order valence-electron chi connectivity index (χ2n) is 7.96. The summed E-state index contributed by atoms with van der Waals surface area (Å²) in [5, 5.41) is 11.3. The van der Waals surface area contributed by atoms with Crippen molar-refractivity contribution in [1.29, 1.82) is 0 Å². The molecule has 4 aromatic rings. The maximum atomic E-state index is 13.3. The maximum Gasteiger partial charge on any atom is 0.416 e. The Morgan fingerprint density at radius 1 is 1.17 bits per heavy atom. The number of rotatable bonds is 5. The summed E-state index contributed by atoms with van der Waals surface area (Å²) in [6, 6.07) is 8.72. The van der Waals surface area contributed by atoms with Crippen LogP contribution in [0.5, 0.6) is 5.75 Å². The summed E-state index contributed by atoms with van der Waals surface area (Å²) in [4.78, 5) is 24.9. The maximum absolute atomic E-state index is 13.3. The highest BCUT2D eigenvalue weighted by Crippen LogP contribution is 2.36. The lowest BCUT2D eigenvalue weighted by molar-refractivity contribution is -0.137. The van der Waals surface area contributed by atoms with Crippen molar-refractivity contribution in [2.24, 2.45) is 0 Å². The Morgan fingerprint density at radius 2 is 1.86 bits per heavy atom.